The molecule has 6 nitrogen and oxygen atoms in total. The Morgan fingerprint density at radius 1 is 1.04 bits per heavy atom. The third-order valence-corrected chi connectivity index (χ3v) is 4.43. The Hall–Kier alpha value is -2.86. The Labute approximate surface area is 159 Å². The SMILES string of the molecule is CC(CC(=O)Nc1ccccc1N1CCOCC1)NC(=O)c1ccccc1. The lowest BCUT2D eigenvalue weighted by Gasteiger charge is -2.30. The van der Waals surface area contributed by atoms with Crippen molar-refractivity contribution in [2.75, 3.05) is 36.5 Å². The van der Waals surface area contributed by atoms with Crippen LogP contribution in [0.5, 0.6) is 0 Å². The van der Waals surface area contributed by atoms with Gasteiger partial charge in [-0.25, -0.2) is 0 Å². The van der Waals surface area contributed by atoms with Crippen molar-refractivity contribution in [1.29, 1.82) is 0 Å². The van der Waals surface area contributed by atoms with E-state index in [1.807, 2.05) is 49.4 Å². The van der Waals surface area contributed by atoms with E-state index in [-0.39, 0.29) is 24.3 Å². The first-order valence-corrected chi connectivity index (χ1v) is 9.21. The highest BCUT2D eigenvalue weighted by Gasteiger charge is 2.17. The molecule has 1 atom stereocenters. The third kappa shape index (κ3) is 5.31. The zero-order chi connectivity index (χ0) is 19.1. The van der Waals surface area contributed by atoms with Gasteiger partial charge in [-0.1, -0.05) is 30.3 Å². The van der Waals surface area contributed by atoms with Gasteiger partial charge in [-0.2, -0.15) is 0 Å². The van der Waals surface area contributed by atoms with Crippen LogP contribution in [0.2, 0.25) is 0 Å². The van der Waals surface area contributed by atoms with E-state index in [4.69, 9.17) is 4.74 Å². The standard InChI is InChI=1S/C21H25N3O3/c1-16(22-21(26)17-7-3-2-4-8-17)15-20(25)23-18-9-5-6-10-19(18)24-11-13-27-14-12-24/h2-10,16H,11-15H2,1H3,(H,22,26)(H,23,25). The number of para-hydroxylation sites is 2. The molecule has 0 saturated carbocycles. The number of rotatable bonds is 6. The molecule has 2 amide bonds. The van der Waals surface area contributed by atoms with Gasteiger partial charge in [-0.15, -0.1) is 0 Å². The van der Waals surface area contributed by atoms with E-state index in [1.54, 1.807) is 12.1 Å². The molecule has 0 radical (unpaired) electrons. The van der Waals surface area contributed by atoms with Crippen LogP contribution in [0.4, 0.5) is 11.4 Å². The number of nitrogens with one attached hydrogen (secondary N) is 2. The van der Waals surface area contributed by atoms with Gasteiger partial charge in [0.2, 0.25) is 5.91 Å². The minimum Gasteiger partial charge on any atom is -0.378 e. The zero-order valence-electron chi connectivity index (χ0n) is 15.5. The number of benzene rings is 2. The van der Waals surface area contributed by atoms with Crippen molar-refractivity contribution in [3.63, 3.8) is 0 Å². The van der Waals surface area contributed by atoms with E-state index < -0.39 is 0 Å². The monoisotopic (exact) mass is 367 g/mol. The molecule has 2 N–H and O–H groups in total. The van der Waals surface area contributed by atoms with E-state index >= 15 is 0 Å². The van der Waals surface area contributed by atoms with Crippen molar-refractivity contribution in [2.45, 2.75) is 19.4 Å². The van der Waals surface area contributed by atoms with Crippen LogP contribution in [0.3, 0.4) is 0 Å². The summed E-state index contributed by atoms with van der Waals surface area (Å²) in [5.41, 5.74) is 2.36. The third-order valence-electron chi connectivity index (χ3n) is 4.43. The van der Waals surface area contributed by atoms with Crippen LogP contribution >= 0.6 is 0 Å². The van der Waals surface area contributed by atoms with E-state index in [0.717, 1.165) is 24.5 Å². The number of hydrogen-bond acceptors (Lipinski definition) is 4. The molecule has 0 bridgehead atoms. The first kappa shape index (κ1) is 18.9. The molecule has 0 aliphatic carbocycles. The lowest BCUT2D eigenvalue weighted by Crippen LogP contribution is -2.37. The maximum atomic E-state index is 12.5. The molecule has 2 aromatic rings. The number of nitrogens with zero attached hydrogens (tertiary/aromatic N) is 1. The van der Waals surface area contributed by atoms with E-state index in [1.165, 1.54) is 0 Å². The lowest BCUT2D eigenvalue weighted by molar-refractivity contribution is -0.116. The van der Waals surface area contributed by atoms with Crippen molar-refractivity contribution in [3.8, 4) is 0 Å². The fourth-order valence-corrected chi connectivity index (χ4v) is 3.09. The Balaban J connectivity index is 1.57. The number of hydrogen-bond donors (Lipinski definition) is 2. The molecular weight excluding hydrogens is 342 g/mol. The smallest absolute Gasteiger partial charge is 0.251 e. The maximum Gasteiger partial charge on any atom is 0.251 e. The molecule has 1 unspecified atom stereocenters. The summed E-state index contributed by atoms with van der Waals surface area (Å²) in [6, 6.07) is 16.5. The highest BCUT2D eigenvalue weighted by molar-refractivity contribution is 5.96. The number of ether oxygens (including phenoxy) is 1. The van der Waals surface area contributed by atoms with Gasteiger partial charge in [0.1, 0.15) is 0 Å². The molecule has 142 valence electrons. The zero-order valence-corrected chi connectivity index (χ0v) is 15.5. The van der Waals surface area contributed by atoms with Gasteiger partial charge in [0.25, 0.3) is 5.91 Å². The summed E-state index contributed by atoms with van der Waals surface area (Å²) in [6.45, 7) is 4.80. The fraction of sp³-hybridized carbons (Fsp3) is 0.333. The van der Waals surface area contributed by atoms with Crippen molar-refractivity contribution in [1.82, 2.24) is 5.32 Å². The Morgan fingerprint density at radius 2 is 1.70 bits per heavy atom. The van der Waals surface area contributed by atoms with Gasteiger partial charge in [-0.3, -0.25) is 9.59 Å². The largest absolute Gasteiger partial charge is 0.378 e. The Bertz CT molecular complexity index is 773. The minimum absolute atomic E-state index is 0.128. The second-order valence-corrected chi connectivity index (χ2v) is 6.61. The van der Waals surface area contributed by atoms with Crippen LogP contribution in [0.1, 0.15) is 23.7 Å². The Kier molecular flexibility index (Phi) is 6.44. The van der Waals surface area contributed by atoms with Gasteiger partial charge in [-0.05, 0) is 31.2 Å². The molecule has 3 rings (SSSR count). The van der Waals surface area contributed by atoms with Crippen molar-refractivity contribution < 1.29 is 14.3 Å². The van der Waals surface area contributed by atoms with Gasteiger partial charge >= 0.3 is 0 Å². The van der Waals surface area contributed by atoms with Crippen molar-refractivity contribution in [2.24, 2.45) is 0 Å². The molecule has 1 fully saturated rings. The van der Waals surface area contributed by atoms with Crippen LogP contribution in [-0.2, 0) is 9.53 Å². The summed E-state index contributed by atoms with van der Waals surface area (Å²) in [5.74, 6) is -0.304. The molecule has 0 aromatic heterocycles. The topological polar surface area (TPSA) is 70.7 Å². The number of carbonyl (C=O) groups excluding carboxylic acids is 2. The predicted octanol–water partition coefficient (Wildman–Crippen LogP) is 2.67. The number of amides is 2. The van der Waals surface area contributed by atoms with Crippen LogP contribution in [-0.4, -0.2) is 44.2 Å². The molecule has 2 aromatic carbocycles. The Morgan fingerprint density at radius 3 is 2.44 bits per heavy atom. The summed E-state index contributed by atoms with van der Waals surface area (Å²) in [5, 5.41) is 5.84. The molecule has 1 saturated heterocycles. The predicted molar refractivity (Wildman–Crippen MR) is 106 cm³/mol. The average Bonchev–Trinajstić information content (AvgIpc) is 2.69. The first-order chi connectivity index (χ1) is 13.1. The van der Waals surface area contributed by atoms with Crippen LogP contribution in [0, 0.1) is 0 Å². The number of anilines is 2. The molecule has 1 heterocycles. The molecular formula is C21H25N3O3. The van der Waals surface area contributed by atoms with Gasteiger partial charge in [0, 0.05) is 31.1 Å². The lowest BCUT2D eigenvalue weighted by atomic mass is 10.1. The molecule has 0 spiro atoms. The van der Waals surface area contributed by atoms with Gasteiger partial charge < -0.3 is 20.3 Å². The summed E-state index contributed by atoms with van der Waals surface area (Å²) in [7, 11) is 0. The number of carbonyl (C=O) groups is 2. The quantitative estimate of drug-likeness (QED) is 0.824. The summed E-state index contributed by atoms with van der Waals surface area (Å²) in [6.07, 6.45) is 0.204. The summed E-state index contributed by atoms with van der Waals surface area (Å²) < 4.78 is 5.40. The maximum absolute atomic E-state index is 12.5. The highest BCUT2D eigenvalue weighted by atomic mass is 16.5. The summed E-state index contributed by atoms with van der Waals surface area (Å²) in [4.78, 5) is 26.9. The normalized spacial score (nSPS) is 15.1. The average molecular weight is 367 g/mol. The van der Waals surface area contributed by atoms with E-state index in [9.17, 15) is 9.59 Å². The van der Waals surface area contributed by atoms with Crippen LogP contribution in [0.25, 0.3) is 0 Å². The molecule has 1 aliphatic rings. The highest BCUT2D eigenvalue weighted by Crippen LogP contribution is 2.26. The minimum atomic E-state index is -0.270. The second-order valence-electron chi connectivity index (χ2n) is 6.61. The van der Waals surface area contributed by atoms with Crippen molar-refractivity contribution >= 4 is 23.2 Å². The van der Waals surface area contributed by atoms with Crippen LogP contribution in [0.15, 0.2) is 54.6 Å². The first-order valence-electron chi connectivity index (χ1n) is 9.21. The van der Waals surface area contributed by atoms with E-state index in [2.05, 4.69) is 15.5 Å². The van der Waals surface area contributed by atoms with Gasteiger partial charge in [0.15, 0.2) is 0 Å². The van der Waals surface area contributed by atoms with Gasteiger partial charge in [0.05, 0.1) is 24.6 Å². The van der Waals surface area contributed by atoms with Crippen LogP contribution < -0.4 is 15.5 Å². The molecule has 27 heavy (non-hydrogen) atoms. The molecule has 6 heteroatoms. The second kappa shape index (κ2) is 9.19. The van der Waals surface area contributed by atoms with E-state index in [0.29, 0.717) is 18.8 Å². The number of morpholine rings is 1. The summed E-state index contributed by atoms with van der Waals surface area (Å²) >= 11 is 0. The fourth-order valence-electron chi connectivity index (χ4n) is 3.09. The van der Waals surface area contributed by atoms with Crippen molar-refractivity contribution in [3.05, 3.63) is 60.2 Å². The molecule has 1 aliphatic heterocycles.